The Balaban J connectivity index is 1.31. The number of imide groups is 1. The molecule has 0 radical (unpaired) electrons. The first-order valence-corrected chi connectivity index (χ1v) is 10.8. The highest BCUT2D eigenvalue weighted by Crippen LogP contribution is 2.42. The molecule has 0 spiro atoms. The monoisotopic (exact) mass is 396 g/mol. The van der Waals surface area contributed by atoms with E-state index < -0.39 is 6.04 Å². The smallest absolute Gasteiger partial charge is 0.255 e. The van der Waals surface area contributed by atoms with Crippen molar-refractivity contribution < 1.29 is 14.4 Å². The lowest BCUT2D eigenvalue weighted by Crippen LogP contribution is -2.52. The summed E-state index contributed by atoms with van der Waals surface area (Å²) in [6.45, 7) is 2.19. The van der Waals surface area contributed by atoms with Crippen LogP contribution in [-0.2, 0) is 22.7 Å². The van der Waals surface area contributed by atoms with Crippen LogP contribution in [0, 0.1) is 0 Å². The summed E-state index contributed by atoms with van der Waals surface area (Å²) in [6, 6.07) is 5.94. The van der Waals surface area contributed by atoms with Gasteiger partial charge in [0.05, 0.1) is 0 Å². The maximum atomic E-state index is 13.2. The minimum absolute atomic E-state index is 0.0902. The highest BCUT2D eigenvalue weighted by Gasteiger charge is 2.49. The van der Waals surface area contributed by atoms with Crippen LogP contribution in [0.5, 0.6) is 0 Å². The van der Waals surface area contributed by atoms with Crippen LogP contribution in [-0.4, -0.2) is 46.8 Å². The molecule has 1 aromatic rings. The Morgan fingerprint density at radius 1 is 1.14 bits per heavy atom. The van der Waals surface area contributed by atoms with Crippen LogP contribution >= 0.6 is 0 Å². The molecule has 1 aromatic carbocycles. The van der Waals surface area contributed by atoms with E-state index in [1.165, 1.54) is 32.1 Å². The molecule has 7 nitrogen and oxygen atoms in total. The summed E-state index contributed by atoms with van der Waals surface area (Å²) >= 11 is 0. The average Bonchev–Trinajstić information content (AvgIpc) is 3.45. The van der Waals surface area contributed by atoms with Gasteiger partial charge in [-0.2, -0.15) is 0 Å². The number of piperidine rings is 2. The zero-order valence-corrected chi connectivity index (χ0v) is 16.6. The zero-order valence-electron chi connectivity index (χ0n) is 16.6. The molecule has 7 heteroatoms. The van der Waals surface area contributed by atoms with Crippen molar-refractivity contribution >= 4 is 17.7 Å². The van der Waals surface area contributed by atoms with Gasteiger partial charge in [0.15, 0.2) is 0 Å². The summed E-state index contributed by atoms with van der Waals surface area (Å²) in [4.78, 5) is 38.6. The quantitative estimate of drug-likeness (QED) is 0.651. The van der Waals surface area contributed by atoms with E-state index in [-0.39, 0.29) is 29.7 Å². The van der Waals surface area contributed by atoms with E-state index in [1.54, 1.807) is 4.90 Å². The van der Waals surface area contributed by atoms with Crippen molar-refractivity contribution in [3.8, 4) is 0 Å². The van der Waals surface area contributed by atoms with Crippen LogP contribution in [0.25, 0.3) is 0 Å². The second-order valence-electron chi connectivity index (χ2n) is 8.86. The molecule has 154 valence electrons. The molecule has 2 saturated heterocycles. The molecule has 5 rings (SSSR count). The third kappa shape index (κ3) is 3.36. The molecule has 3 N–H and O–H groups in total. The van der Waals surface area contributed by atoms with E-state index in [1.807, 2.05) is 18.2 Å². The third-order valence-electron chi connectivity index (χ3n) is 7.04. The molecule has 3 heterocycles. The molecule has 3 aliphatic heterocycles. The number of carbonyl (C=O) groups excluding carboxylic acids is 3. The minimum Gasteiger partial charge on any atom is -0.322 e. The molecular weight excluding hydrogens is 368 g/mol. The number of rotatable bonds is 5. The summed E-state index contributed by atoms with van der Waals surface area (Å²) in [5.74, 6) is -0.707. The van der Waals surface area contributed by atoms with Gasteiger partial charge in [0.2, 0.25) is 11.8 Å². The van der Waals surface area contributed by atoms with Gasteiger partial charge in [-0.25, -0.2) is 0 Å². The van der Waals surface area contributed by atoms with E-state index in [0.29, 0.717) is 25.6 Å². The Morgan fingerprint density at radius 2 is 2.00 bits per heavy atom. The van der Waals surface area contributed by atoms with Crippen molar-refractivity contribution in [1.29, 1.82) is 0 Å². The van der Waals surface area contributed by atoms with Crippen molar-refractivity contribution in [2.75, 3.05) is 6.54 Å². The number of carbonyl (C=O) groups is 3. The molecule has 1 aliphatic carbocycles. The van der Waals surface area contributed by atoms with Gasteiger partial charge in [-0.1, -0.05) is 24.6 Å². The van der Waals surface area contributed by atoms with Crippen LogP contribution in [0.15, 0.2) is 18.2 Å². The largest absolute Gasteiger partial charge is 0.322 e. The van der Waals surface area contributed by atoms with E-state index in [9.17, 15) is 14.4 Å². The van der Waals surface area contributed by atoms with Crippen LogP contribution in [0.2, 0.25) is 0 Å². The SMILES string of the molecule is O=C1CCC(N2Cc3cccc(CNC4(C5CCCCN5)CC4)c3C2=O)C(=O)N1. The van der Waals surface area contributed by atoms with E-state index in [4.69, 9.17) is 0 Å². The second-order valence-corrected chi connectivity index (χ2v) is 8.86. The van der Waals surface area contributed by atoms with Gasteiger partial charge in [0, 0.05) is 36.7 Å². The lowest BCUT2D eigenvalue weighted by atomic mass is 9.95. The van der Waals surface area contributed by atoms with Crippen molar-refractivity contribution in [2.24, 2.45) is 0 Å². The highest BCUT2D eigenvalue weighted by atomic mass is 16.2. The predicted octanol–water partition coefficient (Wildman–Crippen LogP) is 1.21. The molecule has 4 aliphatic rings. The van der Waals surface area contributed by atoms with Crippen LogP contribution in [0.3, 0.4) is 0 Å². The molecular formula is C22H28N4O3. The fraction of sp³-hybridized carbons (Fsp3) is 0.591. The van der Waals surface area contributed by atoms with E-state index in [2.05, 4.69) is 16.0 Å². The topological polar surface area (TPSA) is 90.5 Å². The Bertz CT molecular complexity index is 858. The predicted molar refractivity (Wildman–Crippen MR) is 107 cm³/mol. The zero-order chi connectivity index (χ0) is 20.0. The summed E-state index contributed by atoms with van der Waals surface area (Å²) in [7, 11) is 0. The standard InChI is InChI=1S/C22H28N4O3/c27-18-8-7-16(20(28)25-18)26-13-15-5-3-4-14(19(15)21(26)29)12-24-22(9-10-22)17-6-1-2-11-23-17/h3-5,16-17,23-24H,1-2,6-13H2,(H,25,27,28). The number of nitrogens with one attached hydrogen (secondary N) is 3. The van der Waals surface area contributed by atoms with Gasteiger partial charge in [-0.15, -0.1) is 0 Å². The molecule has 3 amide bonds. The molecule has 2 atom stereocenters. The number of hydrogen-bond acceptors (Lipinski definition) is 5. The van der Waals surface area contributed by atoms with Crippen LogP contribution < -0.4 is 16.0 Å². The number of hydrogen-bond donors (Lipinski definition) is 3. The fourth-order valence-corrected chi connectivity index (χ4v) is 5.22. The molecule has 1 saturated carbocycles. The maximum absolute atomic E-state index is 13.2. The Morgan fingerprint density at radius 3 is 2.72 bits per heavy atom. The summed E-state index contributed by atoms with van der Waals surface area (Å²) in [5, 5.41) is 9.79. The summed E-state index contributed by atoms with van der Waals surface area (Å²) in [6.07, 6.45) is 6.77. The van der Waals surface area contributed by atoms with Crippen molar-refractivity contribution in [2.45, 2.75) is 75.7 Å². The first-order valence-electron chi connectivity index (χ1n) is 10.8. The van der Waals surface area contributed by atoms with Gasteiger partial charge >= 0.3 is 0 Å². The van der Waals surface area contributed by atoms with Gasteiger partial charge in [-0.3, -0.25) is 19.7 Å². The number of fused-ring (bicyclic) bond motifs is 1. The summed E-state index contributed by atoms with van der Waals surface area (Å²) in [5.41, 5.74) is 2.87. The average molecular weight is 396 g/mol. The van der Waals surface area contributed by atoms with Gasteiger partial charge in [0.25, 0.3) is 5.91 Å². The van der Waals surface area contributed by atoms with E-state index in [0.717, 1.165) is 23.2 Å². The number of amides is 3. The molecule has 29 heavy (non-hydrogen) atoms. The van der Waals surface area contributed by atoms with Crippen molar-refractivity contribution in [1.82, 2.24) is 20.9 Å². The van der Waals surface area contributed by atoms with Gasteiger partial charge in [-0.05, 0) is 49.8 Å². The molecule has 0 bridgehead atoms. The van der Waals surface area contributed by atoms with E-state index >= 15 is 0 Å². The Labute approximate surface area is 170 Å². The fourth-order valence-electron chi connectivity index (χ4n) is 5.22. The summed E-state index contributed by atoms with van der Waals surface area (Å²) < 4.78 is 0. The lowest BCUT2D eigenvalue weighted by Gasteiger charge is -2.32. The van der Waals surface area contributed by atoms with Gasteiger partial charge in [0.1, 0.15) is 6.04 Å². The second kappa shape index (κ2) is 7.22. The molecule has 2 unspecified atom stereocenters. The molecule has 0 aromatic heterocycles. The lowest BCUT2D eigenvalue weighted by molar-refractivity contribution is -0.136. The number of benzene rings is 1. The first kappa shape index (κ1) is 18.8. The normalized spacial score (nSPS) is 28.3. The van der Waals surface area contributed by atoms with Crippen LogP contribution in [0.4, 0.5) is 0 Å². The number of nitrogens with zero attached hydrogens (tertiary/aromatic N) is 1. The van der Waals surface area contributed by atoms with Crippen molar-refractivity contribution in [3.63, 3.8) is 0 Å². The van der Waals surface area contributed by atoms with Gasteiger partial charge < -0.3 is 15.5 Å². The first-order chi connectivity index (χ1) is 14.1. The molecule has 3 fully saturated rings. The van der Waals surface area contributed by atoms with Crippen molar-refractivity contribution in [3.05, 3.63) is 34.9 Å². The third-order valence-corrected chi connectivity index (χ3v) is 7.04. The Kier molecular flexibility index (Phi) is 4.67. The minimum atomic E-state index is -0.561. The van der Waals surface area contributed by atoms with Crippen LogP contribution in [0.1, 0.15) is 66.4 Å². The Hall–Kier alpha value is -2.25. The highest BCUT2D eigenvalue weighted by molar-refractivity contribution is 6.05. The maximum Gasteiger partial charge on any atom is 0.255 e.